The first kappa shape index (κ1) is 17.1. The highest BCUT2D eigenvalue weighted by molar-refractivity contribution is 7.88. The zero-order chi connectivity index (χ0) is 17.0. The summed E-state index contributed by atoms with van der Waals surface area (Å²) < 4.78 is 32.9. The van der Waals surface area contributed by atoms with E-state index in [2.05, 4.69) is 0 Å². The molecular weight excluding hydrogens is 322 g/mol. The molecule has 24 heavy (non-hydrogen) atoms. The average molecular weight is 345 g/mol. The van der Waals surface area contributed by atoms with Crippen molar-refractivity contribution in [1.82, 2.24) is 4.31 Å². The lowest BCUT2D eigenvalue weighted by Gasteiger charge is -2.32. The van der Waals surface area contributed by atoms with Gasteiger partial charge < -0.3 is 4.74 Å². The van der Waals surface area contributed by atoms with Crippen molar-refractivity contribution in [3.05, 3.63) is 71.3 Å². The van der Waals surface area contributed by atoms with E-state index < -0.39 is 10.0 Å². The Morgan fingerprint density at radius 2 is 1.79 bits per heavy atom. The normalized spacial score (nSPS) is 19.3. The molecule has 5 heteroatoms. The van der Waals surface area contributed by atoms with Crippen molar-refractivity contribution in [2.45, 2.75) is 25.2 Å². The molecule has 2 aromatic rings. The third-order valence-corrected chi connectivity index (χ3v) is 6.19. The Labute approximate surface area is 144 Å². The fourth-order valence-corrected chi connectivity index (χ4v) is 4.65. The lowest BCUT2D eigenvalue weighted by Crippen LogP contribution is -2.46. The third-order valence-electron chi connectivity index (χ3n) is 4.40. The lowest BCUT2D eigenvalue weighted by atomic mass is 10.1. The number of aryl methyl sites for hydroxylation is 1. The standard InChI is InChI=1S/C19H23NO3S/c1-16-7-5-6-10-18(16)15-24(21,22)20-11-12-23-19(14-20)13-17-8-3-2-4-9-17/h2-10,19H,11-15H2,1H3. The number of hydrogen-bond acceptors (Lipinski definition) is 3. The summed E-state index contributed by atoms with van der Waals surface area (Å²) >= 11 is 0. The smallest absolute Gasteiger partial charge is 0.218 e. The summed E-state index contributed by atoms with van der Waals surface area (Å²) in [5, 5.41) is 0. The third kappa shape index (κ3) is 4.23. The van der Waals surface area contributed by atoms with E-state index in [1.54, 1.807) is 4.31 Å². The molecule has 1 heterocycles. The van der Waals surface area contributed by atoms with E-state index in [0.29, 0.717) is 19.7 Å². The van der Waals surface area contributed by atoms with Gasteiger partial charge in [0, 0.05) is 13.1 Å². The van der Waals surface area contributed by atoms with Crippen molar-refractivity contribution >= 4 is 10.0 Å². The van der Waals surface area contributed by atoms with E-state index in [4.69, 9.17) is 4.74 Å². The van der Waals surface area contributed by atoms with E-state index in [1.165, 1.54) is 5.56 Å². The van der Waals surface area contributed by atoms with E-state index in [-0.39, 0.29) is 11.9 Å². The quantitative estimate of drug-likeness (QED) is 0.837. The highest BCUT2D eigenvalue weighted by Crippen LogP contribution is 2.19. The molecule has 0 spiro atoms. The molecule has 0 N–H and O–H groups in total. The molecule has 0 radical (unpaired) electrons. The first-order valence-electron chi connectivity index (χ1n) is 8.22. The maximum atomic E-state index is 12.8. The van der Waals surface area contributed by atoms with Crippen LogP contribution < -0.4 is 0 Å². The number of nitrogens with zero attached hydrogens (tertiary/aromatic N) is 1. The van der Waals surface area contributed by atoms with Gasteiger partial charge in [-0.2, -0.15) is 4.31 Å². The summed E-state index contributed by atoms with van der Waals surface area (Å²) in [7, 11) is -3.33. The Bertz CT molecular complexity index is 774. The van der Waals surface area contributed by atoms with Gasteiger partial charge in [-0.15, -0.1) is 0 Å². The van der Waals surface area contributed by atoms with Crippen molar-refractivity contribution < 1.29 is 13.2 Å². The van der Waals surface area contributed by atoms with Crippen LogP contribution in [0.15, 0.2) is 54.6 Å². The molecule has 0 bridgehead atoms. The van der Waals surface area contributed by atoms with E-state index in [1.807, 2.05) is 61.5 Å². The molecule has 4 nitrogen and oxygen atoms in total. The van der Waals surface area contributed by atoms with Gasteiger partial charge in [0.25, 0.3) is 0 Å². The highest BCUT2D eigenvalue weighted by atomic mass is 32.2. The van der Waals surface area contributed by atoms with Gasteiger partial charge >= 0.3 is 0 Å². The van der Waals surface area contributed by atoms with Crippen LogP contribution in [-0.4, -0.2) is 38.5 Å². The minimum Gasteiger partial charge on any atom is -0.375 e. The topological polar surface area (TPSA) is 46.6 Å². The first-order valence-corrected chi connectivity index (χ1v) is 9.83. The van der Waals surface area contributed by atoms with Gasteiger partial charge in [-0.3, -0.25) is 0 Å². The second-order valence-corrected chi connectivity index (χ2v) is 8.19. The number of ether oxygens (including phenoxy) is 1. The van der Waals surface area contributed by atoms with E-state index >= 15 is 0 Å². The van der Waals surface area contributed by atoms with Crippen molar-refractivity contribution in [2.75, 3.05) is 19.7 Å². The van der Waals surface area contributed by atoms with Crippen LogP contribution in [0.4, 0.5) is 0 Å². The Balaban J connectivity index is 1.68. The van der Waals surface area contributed by atoms with Crippen LogP contribution in [-0.2, 0) is 26.9 Å². The van der Waals surface area contributed by atoms with E-state index in [9.17, 15) is 8.42 Å². The summed E-state index contributed by atoms with van der Waals surface area (Å²) in [6, 6.07) is 17.7. The van der Waals surface area contributed by atoms with Crippen LogP contribution in [0.5, 0.6) is 0 Å². The van der Waals surface area contributed by atoms with Crippen LogP contribution in [0.2, 0.25) is 0 Å². The molecule has 1 atom stereocenters. The summed E-state index contributed by atoms with van der Waals surface area (Å²) in [6.07, 6.45) is 0.643. The van der Waals surface area contributed by atoms with Crippen molar-refractivity contribution in [1.29, 1.82) is 0 Å². The number of hydrogen-bond donors (Lipinski definition) is 0. The number of morpholine rings is 1. The van der Waals surface area contributed by atoms with Gasteiger partial charge in [0.05, 0.1) is 18.5 Å². The number of sulfonamides is 1. The molecule has 0 aliphatic carbocycles. The van der Waals surface area contributed by atoms with Crippen LogP contribution in [0.3, 0.4) is 0 Å². The summed E-state index contributed by atoms with van der Waals surface area (Å²) in [6.45, 7) is 3.25. The minimum atomic E-state index is -3.33. The molecule has 0 aromatic heterocycles. The van der Waals surface area contributed by atoms with Gasteiger partial charge in [0.15, 0.2) is 0 Å². The zero-order valence-electron chi connectivity index (χ0n) is 13.9. The molecule has 1 unspecified atom stereocenters. The molecule has 3 rings (SSSR count). The fourth-order valence-electron chi connectivity index (χ4n) is 3.01. The summed E-state index contributed by atoms with van der Waals surface area (Å²) in [4.78, 5) is 0. The Morgan fingerprint density at radius 3 is 2.54 bits per heavy atom. The maximum Gasteiger partial charge on any atom is 0.218 e. The molecule has 1 aliphatic rings. The molecule has 1 saturated heterocycles. The largest absolute Gasteiger partial charge is 0.375 e. The maximum absolute atomic E-state index is 12.8. The van der Waals surface area contributed by atoms with Gasteiger partial charge in [0.2, 0.25) is 10.0 Å². The highest BCUT2D eigenvalue weighted by Gasteiger charge is 2.29. The Kier molecular flexibility index (Phi) is 5.33. The van der Waals surface area contributed by atoms with Crippen molar-refractivity contribution in [2.24, 2.45) is 0 Å². The van der Waals surface area contributed by atoms with Crippen LogP contribution in [0.1, 0.15) is 16.7 Å². The van der Waals surface area contributed by atoms with Gasteiger partial charge in [0.1, 0.15) is 0 Å². The monoisotopic (exact) mass is 345 g/mol. The first-order chi connectivity index (χ1) is 11.5. The van der Waals surface area contributed by atoms with E-state index in [0.717, 1.165) is 17.5 Å². The predicted molar refractivity (Wildman–Crippen MR) is 95.3 cm³/mol. The summed E-state index contributed by atoms with van der Waals surface area (Å²) in [5.41, 5.74) is 3.04. The van der Waals surface area contributed by atoms with Crippen LogP contribution in [0, 0.1) is 6.92 Å². The minimum absolute atomic E-state index is 0.0533. The molecule has 128 valence electrons. The fraction of sp³-hybridized carbons (Fsp3) is 0.368. The molecule has 0 amide bonds. The van der Waals surface area contributed by atoms with Gasteiger partial charge in [-0.25, -0.2) is 8.42 Å². The molecule has 1 aliphatic heterocycles. The average Bonchev–Trinajstić information content (AvgIpc) is 2.58. The van der Waals surface area contributed by atoms with Gasteiger partial charge in [-0.05, 0) is 30.0 Å². The molecule has 2 aromatic carbocycles. The molecular formula is C19H23NO3S. The Hall–Kier alpha value is -1.69. The van der Waals surface area contributed by atoms with Crippen molar-refractivity contribution in [3.8, 4) is 0 Å². The predicted octanol–water partition coefficient (Wildman–Crippen LogP) is 2.77. The Morgan fingerprint density at radius 1 is 1.08 bits per heavy atom. The SMILES string of the molecule is Cc1ccccc1CS(=O)(=O)N1CCOC(Cc2ccccc2)C1. The number of benzene rings is 2. The van der Waals surface area contributed by atoms with Gasteiger partial charge in [-0.1, -0.05) is 54.6 Å². The number of rotatable bonds is 5. The van der Waals surface area contributed by atoms with Crippen molar-refractivity contribution in [3.63, 3.8) is 0 Å². The van der Waals surface area contributed by atoms with Crippen LogP contribution in [0.25, 0.3) is 0 Å². The van der Waals surface area contributed by atoms with Crippen LogP contribution >= 0.6 is 0 Å². The zero-order valence-corrected chi connectivity index (χ0v) is 14.7. The molecule has 1 fully saturated rings. The molecule has 0 saturated carbocycles. The second-order valence-electron chi connectivity index (χ2n) is 6.22. The summed E-state index contributed by atoms with van der Waals surface area (Å²) in [5.74, 6) is 0.0533. The lowest BCUT2D eigenvalue weighted by molar-refractivity contribution is -0.000542. The second kappa shape index (κ2) is 7.47.